The Balaban J connectivity index is 2.00. The Morgan fingerprint density at radius 1 is 0.912 bits per heavy atom. The van der Waals surface area contributed by atoms with Crippen LogP contribution in [-0.2, 0) is 9.53 Å². The lowest BCUT2D eigenvalue weighted by molar-refractivity contribution is -0.147. The van der Waals surface area contributed by atoms with Crippen molar-refractivity contribution in [1.29, 1.82) is 0 Å². The lowest BCUT2D eigenvalue weighted by Gasteiger charge is -2.23. The van der Waals surface area contributed by atoms with Gasteiger partial charge >= 0.3 is 5.97 Å². The number of ketones is 2. The molecular formula is C28H38O6. The van der Waals surface area contributed by atoms with E-state index in [1.165, 1.54) is 50.7 Å². The minimum absolute atomic E-state index is 0.0105. The molecule has 1 aromatic carbocycles. The van der Waals surface area contributed by atoms with Gasteiger partial charge in [-0.15, -0.1) is 0 Å². The van der Waals surface area contributed by atoms with Crippen LogP contribution < -0.4 is 0 Å². The highest BCUT2D eigenvalue weighted by Crippen LogP contribution is 2.36. The molecule has 1 aliphatic carbocycles. The fourth-order valence-corrected chi connectivity index (χ4v) is 4.10. The van der Waals surface area contributed by atoms with Crippen molar-refractivity contribution in [3.05, 3.63) is 46.6 Å². The summed E-state index contributed by atoms with van der Waals surface area (Å²) in [5.74, 6) is -2.40. The molecule has 2 rings (SSSR count). The highest BCUT2D eigenvalue weighted by Gasteiger charge is 2.35. The number of rotatable bonds is 14. The summed E-state index contributed by atoms with van der Waals surface area (Å²) in [6.07, 6.45) is 12.7. The number of phenolic OH excluding ortho intramolecular Hbond substituents is 2. The molecule has 0 fully saturated rings. The number of allylic oxidation sites excluding steroid dienone is 2. The van der Waals surface area contributed by atoms with E-state index in [0.717, 1.165) is 24.5 Å². The maximum Gasteiger partial charge on any atom is 0.306 e. The number of unbranched alkanes of at least 4 members (excludes halogenated alkanes) is 8. The van der Waals surface area contributed by atoms with Crippen molar-refractivity contribution < 1.29 is 29.3 Å². The molecule has 0 aliphatic heterocycles. The average molecular weight is 471 g/mol. The average Bonchev–Trinajstić information content (AvgIpc) is 2.79. The zero-order chi connectivity index (χ0) is 25.1. The van der Waals surface area contributed by atoms with Crippen LogP contribution in [0.5, 0.6) is 11.5 Å². The molecule has 34 heavy (non-hydrogen) atoms. The number of phenols is 2. The number of hydrogen-bond acceptors (Lipinski definition) is 6. The third-order valence-electron chi connectivity index (χ3n) is 6.03. The van der Waals surface area contributed by atoms with Crippen molar-refractivity contribution in [3.63, 3.8) is 0 Å². The molecular weight excluding hydrogens is 432 g/mol. The first-order valence-corrected chi connectivity index (χ1v) is 12.4. The van der Waals surface area contributed by atoms with Crippen LogP contribution in [0.4, 0.5) is 0 Å². The topological polar surface area (TPSA) is 101 Å². The van der Waals surface area contributed by atoms with Crippen LogP contribution in [0.25, 0.3) is 0 Å². The standard InChI is InChI=1S/C28H38O6/c1-4-5-6-7-8-9-10-11-12-13-25(32)34-24(17-14-19(2)3)20-18-23(31)26-21(29)15-16-22(30)27(26)28(20)33/h14-16,18,24,29-30H,4-13,17H2,1-3H3/t24-/m1/s1. The maximum atomic E-state index is 13.1. The Bertz CT molecular complexity index is 936. The molecule has 2 N–H and O–H groups in total. The smallest absolute Gasteiger partial charge is 0.306 e. The summed E-state index contributed by atoms with van der Waals surface area (Å²) < 4.78 is 5.65. The molecule has 0 amide bonds. The molecule has 0 bridgehead atoms. The quantitative estimate of drug-likeness (QED) is 0.138. The predicted molar refractivity (Wildman–Crippen MR) is 132 cm³/mol. The number of fused-ring (bicyclic) bond motifs is 1. The summed E-state index contributed by atoms with van der Waals surface area (Å²) in [6.45, 7) is 5.99. The van der Waals surface area contributed by atoms with Crippen LogP contribution in [0.15, 0.2) is 35.4 Å². The fourth-order valence-electron chi connectivity index (χ4n) is 4.10. The second kappa shape index (κ2) is 13.7. The summed E-state index contributed by atoms with van der Waals surface area (Å²) in [5.41, 5.74) is 0.516. The molecule has 6 nitrogen and oxygen atoms in total. The molecule has 0 aromatic heterocycles. The minimum Gasteiger partial charge on any atom is -0.507 e. The maximum absolute atomic E-state index is 13.1. The lowest BCUT2D eigenvalue weighted by Crippen LogP contribution is -2.29. The van der Waals surface area contributed by atoms with Gasteiger partial charge in [0.15, 0.2) is 11.6 Å². The summed E-state index contributed by atoms with van der Waals surface area (Å²) >= 11 is 0. The van der Waals surface area contributed by atoms with Gasteiger partial charge in [0.05, 0.1) is 11.1 Å². The monoisotopic (exact) mass is 470 g/mol. The molecule has 0 saturated heterocycles. The van der Waals surface area contributed by atoms with E-state index in [2.05, 4.69) is 6.92 Å². The summed E-state index contributed by atoms with van der Waals surface area (Å²) in [6, 6.07) is 2.34. The Hall–Kier alpha value is -2.89. The number of benzene rings is 1. The summed E-state index contributed by atoms with van der Waals surface area (Å²) in [4.78, 5) is 38.3. The van der Waals surface area contributed by atoms with Gasteiger partial charge in [-0.05, 0) is 38.5 Å². The number of carbonyl (C=O) groups excluding carboxylic acids is 3. The Labute approximate surface area is 202 Å². The van der Waals surface area contributed by atoms with Crippen molar-refractivity contribution >= 4 is 17.5 Å². The van der Waals surface area contributed by atoms with E-state index in [1.807, 2.05) is 19.9 Å². The van der Waals surface area contributed by atoms with Crippen LogP contribution in [-0.4, -0.2) is 33.9 Å². The van der Waals surface area contributed by atoms with E-state index in [1.54, 1.807) is 0 Å². The van der Waals surface area contributed by atoms with E-state index in [4.69, 9.17) is 4.74 Å². The Kier molecular flexibility index (Phi) is 11.0. The van der Waals surface area contributed by atoms with Crippen molar-refractivity contribution in [2.24, 2.45) is 0 Å². The molecule has 1 aliphatic rings. The first-order chi connectivity index (χ1) is 16.3. The lowest BCUT2D eigenvalue weighted by atomic mass is 9.85. The zero-order valence-corrected chi connectivity index (χ0v) is 20.7. The highest BCUT2D eigenvalue weighted by atomic mass is 16.5. The number of esters is 1. The fraction of sp³-hybridized carbons (Fsp3) is 0.536. The van der Waals surface area contributed by atoms with Gasteiger partial charge in [0, 0.05) is 18.4 Å². The second-order valence-corrected chi connectivity index (χ2v) is 9.22. The predicted octanol–water partition coefficient (Wildman–Crippen LogP) is 6.59. The Morgan fingerprint density at radius 2 is 1.47 bits per heavy atom. The Morgan fingerprint density at radius 3 is 2.06 bits per heavy atom. The number of aromatic hydroxyl groups is 2. The van der Waals surface area contributed by atoms with Crippen LogP contribution >= 0.6 is 0 Å². The molecule has 0 saturated carbocycles. The largest absolute Gasteiger partial charge is 0.507 e. The van der Waals surface area contributed by atoms with Crippen molar-refractivity contribution in [2.45, 2.75) is 97.5 Å². The molecule has 6 heteroatoms. The van der Waals surface area contributed by atoms with Gasteiger partial charge in [-0.25, -0.2) is 0 Å². The van der Waals surface area contributed by atoms with E-state index in [0.29, 0.717) is 6.42 Å². The molecule has 1 atom stereocenters. The van der Waals surface area contributed by atoms with E-state index < -0.39 is 29.4 Å². The number of ether oxygens (including phenoxy) is 1. The molecule has 0 unspecified atom stereocenters. The molecule has 0 spiro atoms. The molecule has 186 valence electrons. The van der Waals surface area contributed by atoms with Crippen LogP contribution in [0.3, 0.4) is 0 Å². The van der Waals surface area contributed by atoms with E-state index in [-0.39, 0.29) is 35.3 Å². The number of hydrogen-bond donors (Lipinski definition) is 2. The van der Waals surface area contributed by atoms with Crippen molar-refractivity contribution in [3.8, 4) is 11.5 Å². The third kappa shape index (κ3) is 7.86. The highest BCUT2D eigenvalue weighted by molar-refractivity contribution is 6.27. The summed E-state index contributed by atoms with van der Waals surface area (Å²) in [7, 11) is 0. The van der Waals surface area contributed by atoms with Crippen molar-refractivity contribution in [2.75, 3.05) is 0 Å². The molecule has 0 radical (unpaired) electrons. The first-order valence-electron chi connectivity index (χ1n) is 12.4. The van der Waals surface area contributed by atoms with Gasteiger partial charge in [-0.3, -0.25) is 14.4 Å². The van der Waals surface area contributed by atoms with Crippen LogP contribution in [0.2, 0.25) is 0 Å². The summed E-state index contributed by atoms with van der Waals surface area (Å²) in [5, 5.41) is 20.2. The van der Waals surface area contributed by atoms with E-state index >= 15 is 0 Å². The van der Waals surface area contributed by atoms with Gasteiger partial charge in [0.2, 0.25) is 0 Å². The van der Waals surface area contributed by atoms with Gasteiger partial charge in [0.1, 0.15) is 17.6 Å². The van der Waals surface area contributed by atoms with Crippen LogP contribution in [0, 0.1) is 0 Å². The normalized spacial score (nSPS) is 13.8. The molecule has 1 aromatic rings. The van der Waals surface area contributed by atoms with Gasteiger partial charge in [-0.2, -0.15) is 0 Å². The number of carbonyl (C=O) groups is 3. The van der Waals surface area contributed by atoms with E-state index in [9.17, 15) is 24.6 Å². The van der Waals surface area contributed by atoms with Crippen LogP contribution in [0.1, 0.15) is 112 Å². The van der Waals surface area contributed by atoms with Gasteiger partial charge < -0.3 is 14.9 Å². The van der Waals surface area contributed by atoms with Gasteiger partial charge in [0.25, 0.3) is 0 Å². The third-order valence-corrected chi connectivity index (χ3v) is 6.03. The van der Waals surface area contributed by atoms with Crippen molar-refractivity contribution in [1.82, 2.24) is 0 Å². The zero-order valence-electron chi connectivity index (χ0n) is 20.7. The minimum atomic E-state index is -0.938. The second-order valence-electron chi connectivity index (χ2n) is 9.22. The first kappa shape index (κ1) is 27.4. The SMILES string of the molecule is CCCCCCCCCCCC(=O)O[C@H](CC=C(C)C)C1=CC(=O)c2c(O)ccc(O)c2C1=O. The number of Topliss-reactive ketones (excluding diaryl/α,β-unsaturated/α-hetero) is 1. The molecule has 0 heterocycles. The van der Waals surface area contributed by atoms with Gasteiger partial charge in [-0.1, -0.05) is 69.9 Å².